The second-order valence-electron chi connectivity index (χ2n) is 18.3. The summed E-state index contributed by atoms with van der Waals surface area (Å²) in [6.45, 7) is 2.82. The highest BCUT2D eigenvalue weighted by Gasteiger charge is 2.51. The summed E-state index contributed by atoms with van der Waals surface area (Å²) in [5.74, 6) is -0.221. The van der Waals surface area contributed by atoms with Gasteiger partial charge in [-0.15, -0.1) is 0 Å². The van der Waals surface area contributed by atoms with E-state index in [1.54, 1.807) is 0 Å². The molecule has 12 unspecified atom stereocenters. The van der Waals surface area contributed by atoms with Crippen LogP contribution in [-0.4, -0.2) is 140 Å². The molecule has 0 spiro atoms. The second-order valence-corrected chi connectivity index (χ2v) is 18.3. The van der Waals surface area contributed by atoms with Crippen LogP contribution in [0.4, 0.5) is 0 Å². The monoisotopic (exact) mass is 916 g/mol. The molecule has 12 atom stereocenters. The summed E-state index contributed by atoms with van der Waals surface area (Å²) in [5.41, 5.74) is 0. The van der Waals surface area contributed by atoms with E-state index in [-0.39, 0.29) is 18.9 Å². The van der Waals surface area contributed by atoms with E-state index in [2.05, 4.69) is 43.5 Å². The highest BCUT2D eigenvalue weighted by Crippen LogP contribution is 2.30. The van der Waals surface area contributed by atoms with E-state index < -0.39 is 86.8 Å². The molecule has 0 bridgehead atoms. The van der Waals surface area contributed by atoms with Crippen LogP contribution in [0.5, 0.6) is 0 Å². The van der Waals surface area contributed by atoms with Crippen LogP contribution < -0.4 is 5.32 Å². The Hall–Kier alpha value is -1.53. The first-order valence-electron chi connectivity index (χ1n) is 25.6. The van der Waals surface area contributed by atoms with Crippen molar-refractivity contribution >= 4 is 5.91 Å². The molecular weight excluding hydrogens is 823 g/mol. The minimum Gasteiger partial charge on any atom is -0.394 e. The van der Waals surface area contributed by atoms with Crippen LogP contribution in [0.3, 0.4) is 0 Å². The smallest absolute Gasteiger partial charge is 0.220 e. The van der Waals surface area contributed by atoms with Gasteiger partial charge in [-0.1, -0.05) is 167 Å². The van der Waals surface area contributed by atoms with E-state index in [1.165, 1.54) is 89.9 Å². The van der Waals surface area contributed by atoms with Gasteiger partial charge < -0.3 is 65.1 Å². The van der Waals surface area contributed by atoms with Crippen molar-refractivity contribution in [3.05, 3.63) is 24.3 Å². The zero-order valence-electron chi connectivity index (χ0n) is 39.8. The van der Waals surface area contributed by atoms with Crippen molar-refractivity contribution < 1.29 is 64.6 Å². The zero-order valence-corrected chi connectivity index (χ0v) is 39.8. The number of unbranched alkanes of at least 4 members (excludes halogenated alkanes) is 22. The van der Waals surface area contributed by atoms with Gasteiger partial charge in [0.2, 0.25) is 5.91 Å². The average Bonchev–Trinajstić information content (AvgIpc) is 3.29. The zero-order chi connectivity index (χ0) is 46.8. The largest absolute Gasteiger partial charge is 0.394 e. The van der Waals surface area contributed by atoms with E-state index in [0.717, 1.165) is 70.6 Å². The van der Waals surface area contributed by atoms with Crippen molar-refractivity contribution in [3.63, 3.8) is 0 Å². The van der Waals surface area contributed by atoms with Gasteiger partial charge in [-0.05, 0) is 44.9 Å². The fourth-order valence-corrected chi connectivity index (χ4v) is 8.44. The van der Waals surface area contributed by atoms with Crippen LogP contribution in [0.2, 0.25) is 0 Å². The Morgan fingerprint density at radius 1 is 0.562 bits per heavy atom. The molecule has 0 aromatic heterocycles. The van der Waals surface area contributed by atoms with Gasteiger partial charge in [-0.2, -0.15) is 0 Å². The molecular formula is C50H93NO13. The molecule has 14 heteroatoms. The SMILES string of the molecule is CCCCCC/C=C\C/C=C\CCCCCCCC(=O)NC(COC1OC(CO)C(OC2OC(CO)C(O)C(O)C2O)C(O)C1O)C(O)CCCCCCCCCCCCCCCC. The molecule has 0 aromatic rings. The number of carbonyl (C=O) groups excluding carboxylic acids is 1. The van der Waals surface area contributed by atoms with Crippen molar-refractivity contribution in [2.24, 2.45) is 0 Å². The quantitative estimate of drug-likeness (QED) is 0.0236. The molecule has 0 saturated carbocycles. The number of hydrogen-bond donors (Lipinski definition) is 9. The summed E-state index contributed by atoms with van der Waals surface area (Å²) in [6, 6.07) is -0.833. The normalized spacial score (nSPS) is 27.4. The van der Waals surface area contributed by atoms with Crippen LogP contribution in [0.1, 0.15) is 194 Å². The maximum Gasteiger partial charge on any atom is 0.220 e. The third-order valence-electron chi connectivity index (χ3n) is 12.7. The molecule has 9 N–H and O–H groups in total. The van der Waals surface area contributed by atoms with Gasteiger partial charge >= 0.3 is 0 Å². The minimum absolute atomic E-state index is 0.221. The number of carbonyl (C=O) groups is 1. The van der Waals surface area contributed by atoms with Gasteiger partial charge in [0.25, 0.3) is 0 Å². The molecule has 64 heavy (non-hydrogen) atoms. The van der Waals surface area contributed by atoms with Crippen LogP contribution >= 0.6 is 0 Å². The Kier molecular flexibility index (Phi) is 34.3. The molecule has 1 amide bonds. The highest BCUT2D eigenvalue weighted by atomic mass is 16.7. The molecule has 0 aliphatic carbocycles. The first-order valence-corrected chi connectivity index (χ1v) is 25.6. The van der Waals surface area contributed by atoms with Gasteiger partial charge in [0.15, 0.2) is 12.6 Å². The maximum absolute atomic E-state index is 13.2. The van der Waals surface area contributed by atoms with Gasteiger partial charge in [-0.3, -0.25) is 4.79 Å². The fourth-order valence-electron chi connectivity index (χ4n) is 8.44. The first-order chi connectivity index (χ1) is 31.1. The number of ether oxygens (including phenoxy) is 4. The lowest BCUT2D eigenvalue weighted by Crippen LogP contribution is -2.65. The Morgan fingerprint density at radius 3 is 1.58 bits per heavy atom. The lowest BCUT2D eigenvalue weighted by atomic mass is 9.97. The number of nitrogens with one attached hydrogen (secondary N) is 1. The Bertz CT molecular complexity index is 1170. The summed E-state index contributed by atoms with van der Waals surface area (Å²) in [7, 11) is 0. The Morgan fingerprint density at radius 2 is 1.03 bits per heavy atom. The molecule has 2 aliphatic heterocycles. The standard InChI is InChI=1S/C50H93NO13/c1-3-5-7-9-11-13-15-17-19-20-22-24-26-28-30-32-34-42(55)51-38(39(54)33-31-29-27-25-23-21-18-16-14-12-10-8-6-4-2)37-61-49-47(60)45(58)48(41(36-53)63-49)64-50-46(59)44(57)43(56)40(35-52)62-50/h13,15,19-20,38-41,43-50,52-54,56-60H,3-12,14,16-18,21-37H2,1-2H3,(H,51,55)/b15-13-,20-19-. The first kappa shape index (κ1) is 58.6. The van der Waals surface area contributed by atoms with E-state index in [1.807, 2.05) is 0 Å². The van der Waals surface area contributed by atoms with E-state index in [4.69, 9.17) is 18.9 Å². The van der Waals surface area contributed by atoms with Crippen LogP contribution in [0.15, 0.2) is 24.3 Å². The lowest BCUT2D eigenvalue weighted by Gasteiger charge is -2.46. The van der Waals surface area contributed by atoms with Crippen LogP contribution in [0.25, 0.3) is 0 Å². The van der Waals surface area contributed by atoms with E-state index in [0.29, 0.717) is 12.8 Å². The highest BCUT2D eigenvalue weighted by molar-refractivity contribution is 5.76. The summed E-state index contributed by atoms with van der Waals surface area (Å²) in [5, 5.41) is 86.9. The minimum atomic E-state index is -1.78. The van der Waals surface area contributed by atoms with Gasteiger partial charge in [0.05, 0.1) is 32.0 Å². The Labute approximate surface area is 386 Å². The number of aliphatic hydroxyl groups excluding tert-OH is 8. The van der Waals surface area contributed by atoms with Crippen molar-refractivity contribution in [3.8, 4) is 0 Å². The Balaban J connectivity index is 1.84. The van der Waals surface area contributed by atoms with Gasteiger partial charge in [0.1, 0.15) is 48.8 Å². The third-order valence-corrected chi connectivity index (χ3v) is 12.7. The number of hydrogen-bond acceptors (Lipinski definition) is 13. The molecule has 376 valence electrons. The van der Waals surface area contributed by atoms with E-state index in [9.17, 15) is 45.6 Å². The lowest BCUT2D eigenvalue weighted by molar-refractivity contribution is -0.359. The summed E-state index contributed by atoms with van der Waals surface area (Å²) < 4.78 is 22.7. The van der Waals surface area contributed by atoms with Crippen LogP contribution in [-0.2, 0) is 23.7 Å². The fraction of sp³-hybridized carbons (Fsp3) is 0.900. The second kappa shape index (κ2) is 37.5. The number of allylic oxidation sites excluding steroid dienone is 4. The summed E-state index contributed by atoms with van der Waals surface area (Å²) in [6.07, 6.45) is 23.1. The van der Waals surface area contributed by atoms with E-state index >= 15 is 0 Å². The molecule has 0 aromatic carbocycles. The topological polar surface area (TPSA) is 228 Å². The summed E-state index contributed by atoms with van der Waals surface area (Å²) >= 11 is 0. The molecule has 2 heterocycles. The number of amides is 1. The third kappa shape index (κ3) is 24.5. The van der Waals surface area contributed by atoms with Crippen molar-refractivity contribution in [2.75, 3.05) is 19.8 Å². The molecule has 14 nitrogen and oxygen atoms in total. The molecule has 2 rings (SSSR count). The van der Waals surface area contributed by atoms with Crippen molar-refractivity contribution in [1.29, 1.82) is 0 Å². The predicted molar refractivity (Wildman–Crippen MR) is 249 cm³/mol. The maximum atomic E-state index is 13.2. The van der Waals surface area contributed by atoms with Crippen molar-refractivity contribution in [2.45, 2.75) is 267 Å². The molecule has 2 saturated heterocycles. The predicted octanol–water partition coefficient (Wildman–Crippen LogP) is 6.55. The summed E-state index contributed by atoms with van der Waals surface area (Å²) in [4.78, 5) is 13.2. The van der Waals surface area contributed by atoms with Gasteiger partial charge in [-0.25, -0.2) is 0 Å². The van der Waals surface area contributed by atoms with Gasteiger partial charge in [0, 0.05) is 6.42 Å². The number of aliphatic hydroxyl groups is 8. The van der Waals surface area contributed by atoms with Crippen LogP contribution in [0, 0.1) is 0 Å². The molecule has 2 fully saturated rings. The van der Waals surface area contributed by atoms with Crippen molar-refractivity contribution in [1.82, 2.24) is 5.32 Å². The average molecular weight is 916 g/mol. The molecule has 0 radical (unpaired) electrons. The number of rotatable bonds is 39. The molecule has 2 aliphatic rings.